The Kier molecular flexibility index (Phi) is 3.02. The molecule has 0 fully saturated rings. The van der Waals surface area contributed by atoms with Crippen molar-refractivity contribution in [1.29, 1.82) is 0 Å². The molecule has 7 heteroatoms. The van der Waals surface area contributed by atoms with Crippen LogP contribution in [0.25, 0.3) is 11.0 Å². The van der Waals surface area contributed by atoms with E-state index in [0.717, 1.165) is 29.0 Å². The van der Waals surface area contributed by atoms with Gasteiger partial charge in [0, 0.05) is 26.1 Å². The second-order valence-corrected chi connectivity index (χ2v) is 4.58. The standard InChI is InChI=1S/C13H16N6O/c1-18-8-15-17-12(18)5-6-19-11-4-3-9(20-2)7-10(11)16-13(19)14/h3-4,7-8H,5-6H2,1-2H3,(H2,14,16). The summed E-state index contributed by atoms with van der Waals surface area (Å²) >= 11 is 0. The van der Waals surface area contributed by atoms with Crippen molar-refractivity contribution in [3.05, 3.63) is 30.4 Å². The molecule has 0 saturated heterocycles. The number of aromatic nitrogens is 5. The van der Waals surface area contributed by atoms with Gasteiger partial charge >= 0.3 is 0 Å². The van der Waals surface area contributed by atoms with Crippen molar-refractivity contribution in [2.24, 2.45) is 7.05 Å². The molecule has 0 amide bonds. The first-order valence-electron chi connectivity index (χ1n) is 6.31. The second kappa shape index (κ2) is 4.84. The van der Waals surface area contributed by atoms with Gasteiger partial charge in [-0.25, -0.2) is 4.98 Å². The summed E-state index contributed by atoms with van der Waals surface area (Å²) in [5.74, 6) is 2.19. The normalized spacial score (nSPS) is 11.1. The zero-order valence-corrected chi connectivity index (χ0v) is 11.4. The van der Waals surface area contributed by atoms with E-state index in [-0.39, 0.29) is 0 Å². The number of ether oxygens (including phenoxy) is 1. The predicted octanol–water partition coefficient (Wildman–Crippen LogP) is 0.998. The zero-order valence-electron chi connectivity index (χ0n) is 11.4. The first-order valence-corrected chi connectivity index (χ1v) is 6.31. The van der Waals surface area contributed by atoms with Crippen LogP contribution in [0.5, 0.6) is 5.75 Å². The van der Waals surface area contributed by atoms with Gasteiger partial charge in [-0.1, -0.05) is 0 Å². The molecular weight excluding hydrogens is 256 g/mol. The summed E-state index contributed by atoms with van der Waals surface area (Å²) in [6.07, 6.45) is 2.44. The van der Waals surface area contributed by atoms with Crippen molar-refractivity contribution in [3.8, 4) is 5.75 Å². The third-order valence-electron chi connectivity index (χ3n) is 3.35. The Morgan fingerprint density at radius 3 is 2.90 bits per heavy atom. The van der Waals surface area contributed by atoms with Gasteiger partial charge in [0.05, 0.1) is 18.1 Å². The van der Waals surface area contributed by atoms with E-state index in [9.17, 15) is 0 Å². The van der Waals surface area contributed by atoms with Crippen molar-refractivity contribution in [2.75, 3.05) is 12.8 Å². The van der Waals surface area contributed by atoms with E-state index in [0.29, 0.717) is 12.5 Å². The number of aryl methyl sites for hydroxylation is 3. The third-order valence-corrected chi connectivity index (χ3v) is 3.35. The Hall–Kier alpha value is -2.57. The fourth-order valence-electron chi connectivity index (χ4n) is 2.24. The molecule has 2 N–H and O–H groups in total. The highest BCUT2D eigenvalue weighted by molar-refractivity contribution is 5.79. The first kappa shape index (κ1) is 12.5. The molecule has 20 heavy (non-hydrogen) atoms. The van der Waals surface area contributed by atoms with Gasteiger partial charge < -0.3 is 19.6 Å². The molecular formula is C13H16N6O. The van der Waals surface area contributed by atoms with Crippen LogP contribution in [-0.4, -0.2) is 31.4 Å². The number of fused-ring (bicyclic) bond motifs is 1. The molecule has 0 aliphatic heterocycles. The van der Waals surface area contributed by atoms with Crippen molar-refractivity contribution in [2.45, 2.75) is 13.0 Å². The van der Waals surface area contributed by atoms with Crippen LogP contribution in [0.2, 0.25) is 0 Å². The van der Waals surface area contributed by atoms with Crippen LogP contribution < -0.4 is 10.5 Å². The predicted molar refractivity (Wildman–Crippen MR) is 75.4 cm³/mol. The van der Waals surface area contributed by atoms with Gasteiger partial charge in [0.25, 0.3) is 0 Å². The van der Waals surface area contributed by atoms with E-state index in [4.69, 9.17) is 10.5 Å². The number of imidazole rings is 1. The van der Waals surface area contributed by atoms with E-state index in [1.807, 2.05) is 34.4 Å². The number of anilines is 1. The summed E-state index contributed by atoms with van der Waals surface area (Å²) in [4.78, 5) is 4.36. The van der Waals surface area contributed by atoms with Gasteiger partial charge in [0.1, 0.15) is 17.9 Å². The first-order chi connectivity index (χ1) is 9.69. The monoisotopic (exact) mass is 272 g/mol. The molecule has 0 bridgehead atoms. The molecule has 0 atom stereocenters. The lowest BCUT2D eigenvalue weighted by Crippen LogP contribution is -2.08. The molecule has 7 nitrogen and oxygen atoms in total. The topological polar surface area (TPSA) is 83.8 Å². The number of benzene rings is 1. The second-order valence-electron chi connectivity index (χ2n) is 4.58. The van der Waals surface area contributed by atoms with Gasteiger partial charge in [0.2, 0.25) is 5.95 Å². The molecule has 0 unspecified atom stereocenters. The highest BCUT2D eigenvalue weighted by Crippen LogP contribution is 2.23. The number of nitrogen functional groups attached to an aromatic ring is 1. The minimum absolute atomic E-state index is 0.496. The average molecular weight is 272 g/mol. The lowest BCUT2D eigenvalue weighted by Gasteiger charge is -2.06. The lowest BCUT2D eigenvalue weighted by molar-refractivity contribution is 0.415. The van der Waals surface area contributed by atoms with Crippen molar-refractivity contribution in [1.82, 2.24) is 24.3 Å². The Morgan fingerprint density at radius 2 is 2.20 bits per heavy atom. The van der Waals surface area contributed by atoms with Crippen molar-refractivity contribution < 1.29 is 4.74 Å². The molecule has 0 spiro atoms. The molecule has 104 valence electrons. The summed E-state index contributed by atoms with van der Waals surface area (Å²) < 4.78 is 9.07. The minimum atomic E-state index is 0.496. The summed E-state index contributed by atoms with van der Waals surface area (Å²) in [6.45, 7) is 0.710. The molecule has 1 aromatic carbocycles. The van der Waals surface area contributed by atoms with Gasteiger partial charge in [-0.15, -0.1) is 10.2 Å². The molecule has 3 aromatic rings. The third kappa shape index (κ3) is 2.07. The molecule has 0 aliphatic carbocycles. The fourth-order valence-corrected chi connectivity index (χ4v) is 2.24. The van der Waals surface area contributed by atoms with Crippen LogP contribution in [0.3, 0.4) is 0 Å². The van der Waals surface area contributed by atoms with Crippen LogP contribution in [-0.2, 0) is 20.0 Å². The number of methoxy groups -OCH3 is 1. The largest absolute Gasteiger partial charge is 0.497 e. The summed E-state index contributed by atoms with van der Waals surface area (Å²) in [7, 11) is 3.56. The molecule has 2 aromatic heterocycles. The molecule has 0 saturated carbocycles. The van der Waals surface area contributed by atoms with Gasteiger partial charge in [0.15, 0.2) is 0 Å². The van der Waals surface area contributed by atoms with Crippen LogP contribution in [0.15, 0.2) is 24.5 Å². The Morgan fingerprint density at radius 1 is 1.35 bits per heavy atom. The Labute approximate surface area is 116 Å². The fraction of sp³-hybridized carbons (Fsp3) is 0.308. The smallest absolute Gasteiger partial charge is 0.201 e. The number of hydrogen-bond acceptors (Lipinski definition) is 5. The van der Waals surface area contributed by atoms with E-state index in [2.05, 4.69) is 15.2 Å². The van der Waals surface area contributed by atoms with Gasteiger partial charge in [-0.05, 0) is 12.1 Å². The van der Waals surface area contributed by atoms with Gasteiger partial charge in [-0.2, -0.15) is 0 Å². The minimum Gasteiger partial charge on any atom is -0.497 e. The van der Waals surface area contributed by atoms with Crippen LogP contribution in [0.4, 0.5) is 5.95 Å². The Balaban J connectivity index is 1.91. The van der Waals surface area contributed by atoms with E-state index in [1.165, 1.54) is 0 Å². The summed E-state index contributed by atoms with van der Waals surface area (Å²) in [5, 5.41) is 7.94. The molecule has 2 heterocycles. The number of rotatable bonds is 4. The number of nitrogens with zero attached hydrogens (tertiary/aromatic N) is 5. The zero-order chi connectivity index (χ0) is 14.1. The maximum Gasteiger partial charge on any atom is 0.201 e. The maximum atomic E-state index is 5.99. The van der Waals surface area contributed by atoms with Crippen LogP contribution >= 0.6 is 0 Å². The molecule has 0 radical (unpaired) electrons. The van der Waals surface area contributed by atoms with Crippen LogP contribution in [0, 0.1) is 0 Å². The highest BCUT2D eigenvalue weighted by atomic mass is 16.5. The van der Waals surface area contributed by atoms with Gasteiger partial charge in [-0.3, -0.25) is 0 Å². The number of hydrogen-bond donors (Lipinski definition) is 1. The summed E-state index contributed by atoms with van der Waals surface area (Å²) in [5.41, 5.74) is 7.81. The van der Waals surface area contributed by atoms with E-state index in [1.54, 1.807) is 13.4 Å². The Bertz CT molecular complexity index is 744. The highest BCUT2D eigenvalue weighted by Gasteiger charge is 2.10. The number of nitrogens with two attached hydrogens (primary N) is 1. The van der Waals surface area contributed by atoms with E-state index >= 15 is 0 Å². The lowest BCUT2D eigenvalue weighted by atomic mass is 10.3. The molecule has 3 rings (SSSR count). The quantitative estimate of drug-likeness (QED) is 0.766. The average Bonchev–Trinajstić information content (AvgIpc) is 2.98. The van der Waals surface area contributed by atoms with Crippen molar-refractivity contribution >= 4 is 17.0 Å². The SMILES string of the molecule is COc1ccc2c(c1)nc(N)n2CCc1nncn1C. The van der Waals surface area contributed by atoms with Crippen LogP contribution in [0.1, 0.15) is 5.82 Å². The van der Waals surface area contributed by atoms with E-state index < -0.39 is 0 Å². The maximum absolute atomic E-state index is 5.99. The molecule has 0 aliphatic rings. The summed E-state index contributed by atoms with van der Waals surface area (Å²) in [6, 6.07) is 5.75. The van der Waals surface area contributed by atoms with Crippen molar-refractivity contribution in [3.63, 3.8) is 0 Å².